The zero-order valence-corrected chi connectivity index (χ0v) is 12.1. The largest absolute Gasteiger partial charge is 0.480 e. The normalized spacial score (nSPS) is 20.6. The van der Waals surface area contributed by atoms with Gasteiger partial charge in [0, 0.05) is 17.0 Å². The van der Waals surface area contributed by atoms with E-state index in [4.69, 9.17) is 16.7 Å². The summed E-state index contributed by atoms with van der Waals surface area (Å²) in [5.41, 5.74) is 0.684. The molecule has 1 aromatic rings. The fourth-order valence-electron chi connectivity index (χ4n) is 2.11. The molecule has 1 fully saturated rings. The van der Waals surface area contributed by atoms with Crippen molar-refractivity contribution in [1.29, 1.82) is 0 Å². The van der Waals surface area contributed by atoms with Gasteiger partial charge in [-0.05, 0) is 36.6 Å². The predicted molar refractivity (Wildman–Crippen MR) is 76.8 cm³/mol. The highest BCUT2D eigenvalue weighted by Gasteiger charge is 2.37. The quantitative estimate of drug-likeness (QED) is 0.924. The summed E-state index contributed by atoms with van der Waals surface area (Å²) in [4.78, 5) is 11.0. The van der Waals surface area contributed by atoms with E-state index >= 15 is 0 Å². The Labute approximate surface area is 122 Å². The van der Waals surface area contributed by atoms with Crippen LogP contribution in [0.25, 0.3) is 6.08 Å². The molecular formula is C13H14ClNO4S. The maximum atomic E-state index is 12.1. The standard InChI is InChI=1S/C13H14ClNO4S/c14-11-5-3-10(4-6-11)7-9-20(18,19)15-8-1-2-12(15)13(16)17/h3-7,9,12H,1-2,8H2,(H,16,17)/b9-7+. The number of carboxylic acid groups (broad SMARTS) is 1. The lowest BCUT2D eigenvalue weighted by Crippen LogP contribution is -2.39. The number of sulfonamides is 1. The molecule has 1 aliphatic heterocycles. The minimum atomic E-state index is -3.72. The van der Waals surface area contributed by atoms with Gasteiger partial charge >= 0.3 is 5.97 Å². The van der Waals surface area contributed by atoms with Crippen LogP contribution in [0, 0.1) is 0 Å². The number of hydrogen-bond donors (Lipinski definition) is 1. The van der Waals surface area contributed by atoms with Crippen LogP contribution >= 0.6 is 11.6 Å². The molecule has 1 unspecified atom stereocenters. The van der Waals surface area contributed by atoms with Crippen molar-refractivity contribution in [1.82, 2.24) is 4.31 Å². The minimum absolute atomic E-state index is 0.240. The third kappa shape index (κ3) is 3.39. The van der Waals surface area contributed by atoms with E-state index in [1.165, 1.54) is 6.08 Å². The smallest absolute Gasteiger partial charge is 0.322 e. The Hall–Kier alpha value is -1.37. The summed E-state index contributed by atoms with van der Waals surface area (Å²) in [6.07, 6.45) is 2.34. The third-order valence-electron chi connectivity index (χ3n) is 3.12. The molecule has 2 rings (SSSR count). The number of aliphatic carboxylic acids is 1. The summed E-state index contributed by atoms with van der Waals surface area (Å²) in [5, 5.41) is 10.6. The van der Waals surface area contributed by atoms with Crippen LogP contribution in [0.2, 0.25) is 5.02 Å². The Morgan fingerprint density at radius 2 is 2.00 bits per heavy atom. The van der Waals surface area contributed by atoms with Gasteiger partial charge in [-0.2, -0.15) is 4.31 Å². The molecule has 7 heteroatoms. The molecule has 0 radical (unpaired) electrons. The number of nitrogens with zero attached hydrogens (tertiary/aromatic N) is 1. The van der Waals surface area contributed by atoms with E-state index in [9.17, 15) is 13.2 Å². The lowest BCUT2D eigenvalue weighted by Gasteiger charge is -2.18. The van der Waals surface area contributed by atoms with Crippen molar-refractivity contribution < 1.29 is 18.3 Å². The SMILES string of the molecule is O=C(O)C1CCCN1S(=O)(=O)/C=C/c1ccc(Cl)cc1. The fraction of sp³-hybridized carbons (Fsp3) is 0.308. The topological polar surface area (TPSA) is 74.7 Å². The van der Waals surface area contributed by atoms with E-state index in [1.54, 1.807) is 24.3 Å². The van der Waals surface area contributed by atoms with E-state index < -0.39 is 22.0 Å². The van der Waals surface area contributed by atoms with Gasteiger partial charge in [0.05, 0.1) is 0 Å². The Morgan fingerprint density at radius 1 is 1.35 bits per heavy atom. The molecular weight excluding hydrogens is 302 g/mol. The lowest BCUT2D eigenvalue weighted by atomic mass is 10.2. The number of rotatable bonds is 4. The van der Waals surface area contributed by atoms with Crippen molar-refractivity contribution in [3.05, 3.63) is 40.3 Å². The first-order valence-corrected chi connectivity index (χ1v) is 7.96. The summed E-state index contributed by atoms with van der Waals surface area (Å²) in [5.74, 6) is -1.11. The average Bonchev–Trinajstić information content (AvgIpc) is 2.88. The van der Waals surface area contributed by atoms with Crippen LogP contribution in [-0.2, 0) is 14.8 Å². The fourth-order valence-corrected chi connectivity index (χ4v) is 3.65. The van der Waals surface area contributed by atoms with E-state index in [2.05, 4.69) is 0 Å². The van der Waals surface area contributed by atoms with Gasteiger partial charge in [-0.1, -0.05) is 23.7 Å². The molecule has 1 saturated heterocycles. The minimum Gasteiger partial charge on any atom is -0.480 e. The van der Waals surface area contributed by atoms with Crippen LogP contribution in [-0.4, -0.2) is 36.4 Å². The van der Waals surface area contributed by atoms with Crippen LogP contribution in [0.1, 0.15) is 18.4 Å². The van der Waals surface area contributed by atoms with E-state index in [0.29, 0.717) is 23.4 Å². The molecule has 1 aliphatic rings. The summed E-state index contributed by atoms with van der Waals surface area (Å²) in [7, 11) is -3.72. The second kappa shape index (κ2) is 5.95. The number of benzene rings is 1. The van der Waals surface area contributed by atoms with Crippen molar-refractivity contribution in [3.8, 4) is 0 Å². The van der Waals surface area contributed by atoms with Gasteiger partial charge in [0.15, 0.2) is 0 Å². The molecule has 1 aromatic carbocycles. The van der Waals surface area contributed by atoms with Crippen molar-refractivity contribution in [3.63, 3.8) is 0 Å². The molecule has 0 aromatic heterocycles. The second-order valence-corrected chi connectivity index (χ2v) is 6.71. The van der Waals surface area contributed by atoms with Gasteiger partial charge in [-0.15, -0.1) is 0 Å². The summed E-state index contributed by atoms with van der Waals surface area (Å²) < 4.78 is 25.3. The molecule has 0 saturated carbocycles. The first-order chi connectivity index (χ1) is 9.40. The molecule has 0 bridgehead atoms. The second-order valence-electron chi connectivity index (χ2n) is 4.51. The molecule has 20 heavy (non-hydrogen) atoms. The van der Waals surface area contributed by atoms with Gasteiger partial charge < -0.3 is 5.11 Å². The summed E-state index contributed by atoms with van der Waals surface area (Å²) >= 11 is 5.74. The highest BCUT2D eigenvalue weighted by molar-refractivity contribution is 7.92. The van der Waals surface area contributed by atoms with Crippen LogP contribution in [0.5, 0.6) is 0 Å². The van der Waals surface area contributed by atoms with Crippen molar-refractivity contribution in [2.45, 2.75) is 18.9 Å². The maximum Gasteiger partial charge on any atom is 0.322 e. The van der Waals surface area contributed by atoms with Gasteiger partial charge in [-0.3, -0.25) is 4.79 Å². The molecule has 108 valence electrons. The Balaban J connectivity index is 2.18. The van der Waals surface area contributed by atoms with Gasteiger partial charge in [0.25, 0.3) is 0 Å². The Kier molecular flexibility index (Phi) is 4.47. The lowest BCUT2D eigenvalue weighted by molar-refractivity contribution is -0.140. The predicted octanol–water partition coefficient (Wildman–Crippen LogP) is 2.19. The third-order valence-corrected chi connectivity index (χ3v) is 4.94. The van der Waals surface area contributed by atoms with E-state index in [-0.39, 0.29) is 6.54 Å². The summed E-state index contributed by atoms with van der Waals surface area (Å²) in [6.45, 7) is 0.240. The van der Waals surface area contributed by atoms with Crippen molar-refractivity contribution in [2.75, 3.05) is 6.54 Å². The van der Waals surface area contributed by atoms with Gasteiger partial charge in [0.2, 0.25) is 10.0 Å². The van der Waals surface area contributed by atoms with Gasteiger partial charge in [0.1, 0.15) is 6.04 Å². The Bertz CT molecular complexity index is 624. The van der Waals surface area contributed by atoms with Crippen LogP contribution < -0.4 is 0 Å². The summed E-state index contributed by atoms with van der Waals surface area (Å²) in [6, 6.07) is 5.72. The number of hydrogen-bond acceptors (Lipinski definition) is 3. The van der Waals surface area contributed by atoms with Crippen molar-refractivity contribution >= 4 is 33.7 Å². The first-order valence-electron chi connectivity index (χ1n) is 6.08. The molecule has 0 amide bonds. The highest BCUT2D eigenvalue weighted by atomic mass is 35.5. The van der Waals surface area contributed by atoms with Gasteiger partial charge in [-0.25, -0.2) is 8.42 Å². The molecule has 5 nitrogen and oxygen atoms in total. The first kappa shape index (κ1) is 15.0. The molecule has 0 aliphatic carbocycles. The van der Waals surface area contributed by atoms with Crippen LogP contribution in [0.15, 0.2) is 29.7 Å². The zero-order chi connectivity index (χ0) is 14.8. The zero-order valence-electron chi connectivity index (χ0n) is 10.6. The molecule has 0 spiro atoms. The molecule has 1 N–H and O–H groups in total. The average molecular weight is 316 g/mol. The molecule has 1 heterocycles. The maximum absolute atomic E-state index is 12.1. The van der Waals surface area contributed by atoms with E-state index in [0.717, 1.165) is 9.71 Å². The Morgan fingerprint density at radius 3 is 2.60 bits per heavy atom. The molecule has 1 atom stereocenters. The van der Waals surface area contributed by atoms with Crippen LogP contribution in [0.4, 0.5) is 0 Å². The highest BCUT2D eigenvalue weighted by Crippen LogP contribution is 2.22. The number of carbonyl (C=O) groups is 1. The number of carboxylic acids is 1. The number of halogens is 1. The van der Waals surface area contributed by atoms with Crippen molar-refractivity contribution in [2.24, 2.45) is 0 Å². The van der Waals surface area contributed by atoms with E-state index in [1.807, 2.05) is 0 Å². The monoisotopic (exact) mass is 315 g/mol. The van der Waals surface area contributed by atoms with Crippen LogP contribution in [0.3, 0.4) is 0 Å².